The van der Waals surface area contributed by atoms with Gasteiger partial charge in [-0.25, -0.2) is 4.98 Å². The van der Waals surface area contributed by atoms with Crippen molar-refractivity contribution in [3.05, 3.63) is 41.1 Å². The van der Waals surface area contributed by atoms with Crippen molar-refractivity contribution in [3.63, 3.8) is 0 Å². The third-order valence-corrected chi connectivity index (χ3v) is 5.24. The summed E-state index contributed by atoms with van der Waals surface area (Å²) in [7, 11) is 0. The highest BCUT2D eigenvalue weighted by Gasteiger charge is 2.39. The van der Waals surface area contributed by atoms with Gasteiger partial charge in [-0.1, -0.05) is 12.1 Å². The fourth-order valence-corrected chi connectivity index (χ4v) is 3.91. The molecule has 26 heavy (non-hydrogen) atoms. The maximum atomic E-state index is 12.7. The molecule has 4 rings (SSSR count). The van der Waals surface area contributed by atoms with Gasteiger partial charge in [-0.3, -0.25) is 4.79 Å². The van der Waals surface area contributed by atoms with Crippen LogP contribution in [-0.2, 0) is 6.18 Å². The van der Waals surface area contributed by atoms with Crippen molar-refractivity contribution in [1.29, 1.82) is 0 Å². The van der Waals surface area contributed by atoms with Crippen LogP contribution in [0.25, 0.3) is 10.2 Å². The molecule has 10 heteroatoms. The summed E-state index contributed by atoms with van der Waals surface area (Å²) in [5.74, 6) is -2.08. The maximum Gasteiger partial charge on any atom is 0.470 e. The van der Waals surface area contributed by atoms with Gasteiger partial charge in [-0.05, 0) is 25.0 Å². The zero-order chi connectivity index (χ0) is 18.3. The molecule has 0 bridgehead atoms. The van der Waals surface area contributed by atoms with Crippen molar-refractivity contribution in [2.24, 2.45) is 0 Å². The van der Waals surface area contributed by atoms with Crippen LogP contribution in [0.2, 0.25) is 0 Å². The number of carbonyl (C=O) groups is 1. The molecule has 136 valence electrons. The summed E-state index contributed by atoms with van der Waals surface area (Å²) in [4.78, 5) is 18.7. The molecule has 1 atom stereocenters. The zero-order valence-corrected chi connectivity index (χ0v) is 14.2. The van der Waals surface area contributed by atoms with E-state index in [0.29, 0.717) is 24.4 Å². The summed E-state index contributed by atoms with van der Waals surface area (Å²) in [5, 5.41) is 6.95. The minimum Gasteiger partial charge on any atom is -0.417 e. The molecule has 2 aromatic heterocycles. The number of carbonyl (C=O) groups excluding carboxylic acids is 1. The summed E-state index contributed by atoms with van der Waals surface area (Å²) < 4.78 is 43.6. The standard InChI is InChI=1S/C16H13F3N4O2S/c17-16(18,19)15-22-21-12(25-15)9-4-3-7-23(8-9)14(24)13-20-10-5-1-2-6-11(10)26-13/h1-2,5-6,9H,3-4,7-8H2. The van der Waals surface area contributed by atoms with Crippen LogP contribution in [0.4, 0.5) is 13.2 Å². The first-order valence-corrected chi connectivity index (χ1v) is 8.79. The summed E-state index contributed by atoms with van der Waals surface area (Å²) >= 11 is 1.30. The third-order valence-electron chi connectivity index (χ3n) is 4.22. The van der Waals surface area contributed by atoms with Crippen molar-refractivity contribution in [3.8, 4) is 0 Å². The van der Waals surface area contributed by atoms with Crippen molar-refractivity contribution in [2.45, 2.75) is 24.9 Å². The van der Waals surface area contributed by atoms with E-state index in [-0.39, 0.29) is 18.3 Å². The molecule has 0 radical (unpaired) electrons. The van der Waals surface area contributed by atoms with E-state index in [1.54, 1.807) is 4.90 Å². The van der Waals surface area contributed by atoms with E-state index in [0.717, 1.165) is 10.2 Å². The average Bonchev–Trinajstić information content (AvgIpc) is 3.28. The van der Waals surface area contributed by atoms with Crippen LogP contribution in [0.1, 0.15) is 40.3 Å². The van der Waals surface area contributed by atoms with Gasteiger partial charge in [0.1, 0.15) is 0 Å². The highest BCUT2D eigenvalue weighted by atomic mass is 32.1. The number of thiazole rings is 1. The predicted octanol–water partition coefficient (Wildman–Crippen LogP) is 3.72. The van der Waals surface area contributed by atoms with Crippen LogP contribution < -0.4 is 0 Å². The normalized spacial score (nSPS) is 18.4. The largest absolute Gasteiger partial charge is 0.470 e. The van der Waals surface area contributed by atoms with E-state index in [2.05, 4.69) is 15.2 Å². The van der Waals surface area contributed by atoms with E-state index in [9.17, 15) is 18.0 Å². The van der Waals surface area contributed by atoms with Crippen LogP contribution in [0.5, 0.6) is 0 Å². The Hall–Kier alpha value is -2.49. The number of hydrogen-bond acceptors (Lipinski definition) is 6. The SMILES string of the molecule is O=C(c1nc2ccccc2s1)N1CCCC(c2nnc(C(F)(F)F)o2)C1. The smallest absolute Gasteiger partial charge is 0.417 e. The number of rotatable bonds is 2. The fourth-order valence-electron chi connectivity index (χ4n) is 2.98. The van der Waals surface area contributed by atoms with Gasteiger partial charge in [0.15, 0.2) is 5.01 Å². The topological polar surface area (TPSA) is 72.1 Å². The number of piperidine rings is 1. The molecule has 1 aromatic carbocycles. The average molecular weight is 382 g/mol. The van der Waals surface area contributed by atoms with Crippen LogP contribution in [-0.4, -0.2) is 39.1 Å². The highest BCUT2D eigenvalue weighted by Crippen LogP contribution is 2.32. The number of nitrogens with zero attached hydrogens (tertiary/aromatic N) is 4. The number of halogens is 3. The number of para-hydroxylation sites is 1. The molecular formula is C16H13F3N4O2S. The predicted molar refractivity (Wildman–Crippen MR) is 86.8 cm³/mol. The molecule has 6 nitrogen and oxygen atoms in total. The number of aromatic nitrogens is 3. The number of hydrogen-bond donors (Lipinski definition) is 0. The Kier molecular flexibility index (Phi) is 4.14. The molecule has 1 unspecified atom stereocenters. The minimum absolute atomic E-state index is 0.0841. The molecule has 1 fully saturated rings. The Morgan fingerprint density at radius 3 is 2.81 bits per heavy atom. The third kappa shape index (κ3) is 3.16. The van der Waals surface area contributed by atoms with E-state index in [4.69, 9.17) is 4.42 Å². The first-order chi connectivity index (χ1) is 12.4. The fraction of sp³-hybridized carbons (Fsp3) is 0.375. The molecule has 1 aliphatic rings. The molecule has 1 saturated heterocycles. The molecule has 3 aromatic rings. The van der Waals surface area contributed by atoms with Crippen LogP contribution in [0.15, 0.2) is 28.7 Å². The highest BCUT2D eigenvalue weighted by molar-refractivity contribution is 7.20. The zero-order valence-electron chi connectivity index (χ0n) is 13.4. The van der Waals surface area contributed by atoms with Crippen molar-refractivity contribution in [1.82, 2.24) is 20.1 Å². The molecule has 0 aliphatic carbocycles. The summed E-state index contributed by atoms with van der Waals surface area (Å²) in [6.07, 6.45) is -3.44. The van der Waals surface area contributed by atoms with Gasteiger partial charge in [0, 0.05) is 13.1 Å². The number of alkyl halides is 3. The first-order valence-electron chi connectivity index (χ1n) is 7.97. The van der Waals surface area contributed by atoms with Crippen LogP contribution in [0.3, 0.4) is 0 Å². The van der Waals surface area contributed by atoms with Gasteiger partial charge in [0.05, 0.1) is 16.1 Å². The van der Waals surface area contributed by atoms with E-state index >= 15 is 0 Å². The van der Waals surface area contributed by atoms with Gasteiger partial charge in [-0.15, -0.1) is 21.5 Å². The summed E-state index contributed by atoms with van der Waals surface area (Å²) in [6, 6.07) is 7.44. The molecule has 1 amide bonds. The molecule has 0 saturated carbocycles. The van der Waals surface area contributed by atoms with E-state index < -0.39 is 18.0 Å². The Labute approximate surface area is 149 Å². The molecule has 1 aliphatic heterocycles. The van der Waals surface area contributed by atoms with Gasteiger partial charge in [-0.2, -0.15) is 13.2 Å². The summed E-state index contributed by atoms with van der Waals surface area (Å²) in [6.45, 7) is 0.750. The Balaban J connectivity index is 1.52. The van der Waals surface area contributed by atoms with Crippen LogP contribution in [0, 0.1) is 0 Å². The lowest BCUT2D eigenvalue weighted by molar-refractivity contribution is -0.157. The Morgan fingerprint density at radius 1 is 1.27 bits per heavy atom. The Morgan fingerprint density at radius 2 is 2.08 bits per heavy atom. The number of amides is 1. The first kappa shape index (κ1) is 17.0. The second kappa shape index (κ2) is 6.35. The lowest BCUT2D eigenvalue weighted by Crippen LogP contribution is -2.39. The van der Waals surface area contributed by atoms with Gasteiger partial charge in [0.25, 0.3) is 5.91 Å². The lowest BCUT2D eigenvalue weighted by Gasteiger charge is -2.30. The van der Waals surface area contributed by atoms with E-state index in [1.807, 2.05) is 24.3 Å². The minimum atomic E-state index is -4.67. The van der Waals surface area contributed by atoms with Crippen LogP contribution >= 0.6 is 11.3 Å². The quantitative estimate of drug-likeness (QED) is 0.676. The molecule has 3 heterocycles. The van der Waals surface area contributed by atoms with Gasteiger partial charge in [0.2, 0.25) is 5.89 Å². The van der Waals surface area contributed by atoms with Gasteiger partial charge < -0.3 is 9.32 Å². The van der Waals surface area contributed by atoms with Crippen molar-refractivity contribution >= 4 is 27.5 Å². The molecule has 0 spiro atoms. The monoisotopic (exact) mass is 382 g/mol. The second-order valence-electron chi connectivity index (χ2n) is 6.02. The van der Waals surface area contributed by atoms with E-state index in [1.165, 1.54) is 11.3 Å². The second-order valence-corrected chi connectivity index (χ2v) is 7.05. The molecular weight excluding hydrogens is 369 g/mol. The number of fused-ring (bicyclic) bond motifs is 1. The van der Waals surface area contributed by atoms with Crippen molar-refractivity contribution < 1.29 is 22.4 Å². The Bertz CT molecular complexity index is 919. The molecule has 0 N–H and O–H groups in total. The lowest BCUT2D eigenvalue weighted by atomic mass is 9.98. The summed E-state index contributed by atoms with van der Waals surface area (Å²) in [5.41, 5.74) is 0.751. The maximum absolute atomic E-state index is 12.7. The van der Waals surface area contributed by atoms with Gasteiger partial charge >= 0.3 is 12.1 Å². The van der Waals surface area contributed by atoms with Crippen molar-refractivity contribution in [2.75, 3.05) is 13.1 Å². The number of benzene rings is 1. The number of likely N-dealkylation sites (tertiary alicyclic amines) is 1.